The average molecular weight is 409 g/mol. The Morgan fingerprint density at radius 1 is 1.04 bits per heavy atom. The fourth-order valence-electron chi connectivity index (χ4n) is 3.21. The van der Waals surface area contributed by atoms with Gasteiger partial charge in [-0.1, -0.05) is 26.0 Å². The van der Waals surface area contributed by atoms with Crippen LogP contribution in [0.4, 0.5) is 5.69 Å². The zero-order chi connectivity index (χ0) is 19.8. The highest BCUT2D eigenvalue weighted by Gasteiger charge is 2.31. The average Bonchev–Trinajstić information content (AvgIpc) is 3.11. The first-order valence-corrected chi connectivity index (χ1v) is 11.8. The topological polar surface area (TPSA) is 83.6 Å². The molecule has 3 rings (SSSR count). The van der Waals surface area contributed by atoms with Crippen LogP contribution in [0.2, 0.25) is 0 Å². The second-order valence-electron chi connectivity index (χ2n) is 6.70. The maximum Gasteiger partial charge on any atom is 0.264 e. The van der Waals surface area contributed by atoms with E-state index in [1.807, 2.05) is 12.1 Å². The van der Waals surface area contributed by atoms with E-state index in [0.29, 0.717) is 30.1 Å². The van der Waals surface area contributed by atoms with E-state index in [1.165, 1.54) is 17.4 Å². The van der Waals surface area contributed by atoms with Crippen LogP contribution in [0.3, 0.4) is 0 Å². The van der Waals surface area contributed by atoms with E-state index in [2.05, 4.69) is 18.6 Å². The minimum absolute atomic E-state index is 0.140. The highest BCUT2D eigenvalue weighted by atomic mass is 32.2. The predicted octanol–water partition coefficient (Wildman–Crippen LogP) is 2.86. The van der Waals surface area contributed by atoms with E-state index in [0.717, 1.165) is 12.0 Å². The van der Waals surface area contributed by atoms with Crippen LogP contribution in [0.1, 0.15) is 37.3 Å². The van der Waals surface area contributed by atoms with E-state index in [4.69, 9.17) is 0 Å². The molecule has 2 aromatic carbocycles. The Hall–Kier alpha value is -1.90. The molecule has 0 aliphatic carbocycles. The van der Waals surface area contributed by atoms with Crippen molar-refractivity contribution in [2.24, 2.45) is 0 Å². The van der Waals surface area contributed by atoms with Crippen molar-refractivity contribution in [1.82, 2.24) is 4.72 Å². The molecule has 0 aromatic heterocycles. The summed E-state index contributed by atoms with van der Waals surface area (Å²) in [4.78, 5) is 0.384. The fraction of sp³-hybridized carbons (Fsp3) is 0.368. The molecular formula is C19H24N2O4S2. The summed E-state index contributed by atoms with van der Waals surface area (Å²) in [6.45, 7) is 4.50. The molecule has 0 saturated heterocycles. The van der Waals surface area contributed by atoms with Gasteiger partial charge >= 0.3 is 0 Å². The van der Waals surface area contributed by atoms with Crippen molar-refractivity contribution in [2.75, 3.05) is 17.9 Å². The predicted molar refractivity (Wildman–Crippen MR) is 106 cm³/mol. The molecule has 0 amide bonds. The van der Waals surface area contributed by atoms with Crippen LogP contribution in [0, 0.1) is 0 Å². The van der Waals surface area contributed by atoms with Gasteiger partial charge in [0.1, 0.15) is 0 Å². The highest BCUT2D eigenvalue weighted by Crippen LogP contribution is 2.34. The summed E-state index contributed by atoms with van der Waals surface area (Å²) in [5.41, 5.74) is 2.36. The molecule has 1 heterocycles. The number of hydrogen-bond acceptors (Lipinski definition) is 4. The van der Waals surface area contributed by atoms with Crippen molar-refractivity contribution in [1.29, 1.82) is 0 Å². The van der Waals surface area contributed by atoms with Crippen LogP contribution in [0.5, 0.6) is 0 Å². The summed E-state index contributed by atoms with van der Waals surface area (Å²) in [6, 6.07) is 11.6. The van der Waals surface area contributed by atoms with Crippen LogP contribution in [-0.2, 0) is 26.5 Å². The smallest absolute Gasteiger partial charge is 0.264 e. The first kappa shape index (κ1) is 19.9. The molecule has 2 aromatic rings. The molecule has 1 aliphatic heterocycles. The molecule has 146 valence electrons. The zero-order valence-corrected chi connectivity index (χ0v) is 17.3. The van der Waals surface area contributed by atoms with Gasteiger partial charge < -0.3 is 0 Å². The Labute approximate surface area is 161 Å². The number of nitrogens with one attached hydrogen (secondary N) is 1. The molecule has 8 heteroatoms. The van der Waals surface area contributed by atoms with Crippen LogP contribution < -0.4 is 9.03 Å². The number of rotatable bonds is 6. The summed E-state index contributed by atoms with van der Waals surface area (Å²) in [5, 5.41) is 0. The maximum absolute atomic E-state index is 13.1. The largest absolute Gasteiger partial charge is 0.266 e. The molecule has 0 spiro atoms. The molecule has 1 atom stereocenters. The molecule has 0 fully saturated rings. The quantitative estimate of drug-likeness (QED) is 0.797. The number of anilines is 1. The number of benzene rings is 2. The van der Waals surface area contributed by atoms with Gasteiger partial charge in [-0.05, 0) is 67.3 Å². The summed E-state index contributed by atoms with van der Waals surface area (Å²) < 4.78 is 53.7. The molecule has 6 nitrogen and oxygen atoms in total. The molecule has 1 aliphatic rings. The zero-order valence-electron chi connectivity index (χ0n) is 15.6. The minimum Gasteiger partial charge on any atom is -0.266 e. The summed E-state index contributed by atoms with van der Waals surface area (Å²) in [5.74, 6) is 0.377. The third kappa shape index (κ3) is 3.61. The molecular weight excluding hydrogens is 384 g/mol. The third-order valence-corrected chi connectivity index (χ3v) is 8.37. The van der Waals surface area contributed by atoms with Gasteiger partial charge in [0.15, 0.2) is 0 Å². The van der Waals surface area contributed by atoms with Crippen molar-refractivity contribution in [3.8, 4) is 0 Å². The summed E-state index contributed by atoms with van der Waals surface area (Å²) in [6.07, 6.45) is 1.47. The van der Waals surface area contributed by atoms with Crippen molar-refractivity contribution < 1.29 is 16.8 Å². The number of hydrogen-bond donors (Lipinski definition) is 1. The van der Waals surface area contributed by atoms with Gasteiger partial charge in [-0.15, -0.1) is 0 Å². The van der Waals surface area contributed by atoms with Gasteiger partial charge in [-0.2, -0.15) is 0 Å². The van der Waals surface area contributed by atoms with Crippen LogP contribution in [-0.4, -0.2) is 30.4 Å². The lowest BCUT2D eigenvalue weighted by Gasteiger charge is -2.20. The van der Waals surface area contributed by atoms with Gasteiger partial charge in [-0.25, -0.2) is 21.6 Å². The molecule has 0 radical (unpaired) electrons. The van der Waals surface area contributed by atoms with E-state index in [1.54, 1.807) is 24.3 Å². The van der Waals surface area contributed by atoms with Crippen molar-refractivity contribution >= 4 is 25.7 Å². The molecule has 1 N–H and O–H groups in total. The van der Waals surface area contributed by atoms with Gasteiger partial charge in [0, 0.05) is 6.54 Å². The van der Waals surface area contributed by atoms with Crippen molar-refractivity contribution in [2.45, 2.75) is 42.4 Å². The Morgan fingerprint density at radius 3 is 2.26 bits per heavy atom. The van der Waals surface area contributed by atoms with Gasteiger partial charge in [0.25, 0.3) is 10.0 Å². The fourth-order valence-corrected chi connectivity index (χ4v) is 5.50. The summed E-state index contributed by atoms with van der Waals surface area (Å²) >= 11 is 0. The number of sulfonamides is 2. The molecule has 27 heavy (non-hydrogen) atoms. The lowest BCUT2D eigenvalue weighted by molar-refractivity contribution is 0.587. The maximum atomic E-state index is 13.1. The third-order valence-electron chi connectivity index (χ3n) is 5.13. The van der Waals surface area contributed by atoms with Crippen LogP contribution in [0.15, 0.2) is 52.3 Å². The summed E-state index contributed by atoms with van der Waals surface area (Å²) in [7, 11) is -5.90. The monoisotopic (exact) mass is 408 g/mol. The minimum atomic E-state index is -3.69. The Bertz CT molecular complexity index is 1050. The highest BCUT2D eigenvalue weighted by molar-refractivity contribution is 7.92. The number of nitrogens with zero attached hydrogens (tertiary/aromatic N) is 1. The lowest BCUT2D eigenvalue weighted by Crippen LogP contribution is -2.29. The van der Waals surface area contributed by atoms with Crippen molar-refractivity contribution in [3.63, 3.8) is 0 Å². The molecule has 0 saturated carbocycles. The Kier molecular flexibility index (Phi) is 5.33. The van der Waals surface area contributed by atoms with Crippen LogP contribution in [0.25, 0.3) is 0 Å². The van der Waals surface area contributed by atoms with Gasteiger partial charge in [0.05, 0.1) is 15.5 Å². The second kappa shape index (κ2) is 7.26. The van der Waals surface area contributed by atoms with Gasteiger partial charge in [0.2, 0.25) is 10.0 Å². The van der Waals surface area contributed by atoms with E-state index < -0.39 is 20.0 Å². The standard InChI is InChI=1S/C19H24N2O4S2/c1-4-14(2)15-5-7-17(8-6-15)27(24,25)21-12-11-16-13-18(9-10-19(16)21)26(22,23)20-3/h5-10,13-14,20H,4,11-12H2,1-3H3. The first-order valence-electron chi connectivity index (χ1n) is 8.90. The van der Waals surface area contributed by atoms with Crippen molar-refractivity contribution in [3.05, 3.63) is 53.6 Å². The van der Waals surface area contributed by atoms with E-state index in [-0.39, 0.29) is 9.79 Å². The van der Waals surface area contributed by atoms with Gasteiger partial charge in [-0.3, -0.25) is 4.31 Å². The SMILES string of the molecule is CCC(C)c1ccc(S(=O)(=O)N2CCc3cc(S(=O)(=O)NC)ccc32)cc1. The Morgan fingerprint density at radius 2 is 1.67 bits per heavy atom. The number of fused-ring (bicyclic) bond motifs is 1. The normalized spacial score (nSPS) is 15.6. The van der Waals surface area contributed by atoms with E-state index >= 15 is 0 Å². The lowest BCUT2D eigenvalue weighted by atomic mass is 9.99. The Balaban J connectivity index is 1.95. The molecule has 0 bridgehead atoms. The second-order valence-corrected chi connectivity index (χ2v) is 10.5. The van der Waals surface area contributed by atoms with Crippen LogP contribution >= 0.6 is 0 Å². The first-order chi connectivity index (χ1) is 12.7. The molecule has 1 unspecified atom stereocenters. The van der Waals surface area contributed by atoms with E-state index in [9.17, 15) is 16.8 Å².